The number of hydrogen-bond donors (Lipinski definition) is 0. The van der Waals surface area contributed by atoms with Crippen LogP contribution in [0.15, 0.2) is 203 Å². The first-order chi connectivity index (χ1) is 31.2. The number of fused-ring (bicyclic) bond motifs is 9. The average Bonchev–Trinajstić information content (AvgIpc) is 4.08. The Morgan fingerprint density at radius 2 is 0.841 bits per heavy atom. The fourth-order valence-corrected chi connectivity index (χ4v) is 8.95. The smallest absolute Gasteiger partial charge is 0.227 e. The van der Waals surface area contributed by atoms with Gasteiger partial charge in [-0.05, 0) is 94.3 Å². The van der Waals surface area contributed by atoms with Crippen LogP contribution >= 0.6 is 0 Å². The molecule has 0 atom stereocenters. The summed E-state index contributed by atoms with van der Waals surface area (Å²) < 4.78 is 14.6. The van der Waals surface area contributed by atoms with Gasteiger partial charge in [-0.25, -0.2) is 24.9 Å². The first-order valence-electron chi connectivity index (χ1n) is 20.8. The molecule has 0 radical (unpaired) electrons. The lowest BCUT2D eigenvalue weighted by Crippen LogP contribution is -2.01. The van der Waals surface area contributed by atoms with Crippen molar-refractivity contribution in [1.29, 1.82) is 0 Å². The Balaban J connectivity index is 1.03. The first kappa shape index (κ1) is 35.0. The maximum Gasteiger partial charge on any atom is 0.227 e. The van der Waals surface area contributed by atoms with Crippen LogP contribution in [0.5, 0.6) is 0 Å². The molecular weight excluding hydrogens is 777 g/mol. The maximum absolute atomic E-state index is 6.11. The molecule has 0 aliphatic rings. The number of hydrogen-bond acceptors (Lipinski definition) is 7. The highest BCUT2D eigenvalue weighted by molar-refractivity contribution is 6.30. The van der Waals surface area contributed by atoms with E-state index in [1.165, 1.54) is 21.5 Å². The van der Waals surface area contributed by atoms with Crippen molar-refractivity contribution in [2.75, 3.05) is 0 Å². The Bertz CT molecular complexity index is 3700. The van der Waals surface area contributed by atoms with Crippen molar-refractivity contribution in [2.24, 2.45) is 0 Å². The molecule has 0 amide bonds. The van der Waals surface area contributed by atoms with E-state index in [1.807, 2.05) is 97.1 Å². The van der Waals surface area contributed by atoms with Gasteiger partial charge in [-0.3, -0.25) is 0 Å². The van der Waals surface area contributed by atoms with Crippen LogP contribution in [0.2, 0.25) is 0 Å². The highest BCUT2D eigenvalue weighted by atomic mass is 16.4. The van der Waals surface area contributed by atoms with Crippen LogP contribution in [0.25, 0.3) is 128 Å². The van der Waals surface area contributed by atoms with E-state index in [1.54, 1.807) is 0 Å². The predicted octanol–water partition coefficient (Wildman–Crippen LogP) is 13.9. The van der Waals surface area contributed by atoms with Crippen LogP contribution < -0.4 is 0 Å². The van der Waals surface area contributed by atoms with E-state index < -0.39 is 0 Å². The molecule has 8 heteroatoms. The van der Waals surface area contributed by atoms with Gasteiger partial charge >= 0.3 is 0 Å². The second kappa shape index (κ2) is 13.9. The van der Waals surface area contributed by atoms with Gasteiger partial charge in [0.15, 0.2) is 28.6 Å². The minimum absolute atomic E-state index is 0.543. The minimum atomic E-state index is 0.543. The van der Waals surface area contributed by atoms with Crippen LogP contribution in [0.4, 0.5) is 0 Å². The molecule has 4 aromatic heterocycles. The molecule has 8 nitrogen and oxygen atoms in total. The van der Waals surface area contributed by atoms with E-state index >= 15 is 0 Å². The number of oxazole rings is 2. The Labute approximate surface area is 359 Å². The summed E-state index contributed by atoms with van der Waals surface area (Å²) in [7, 11) is 0. The summed E-state index contributed by atoms with van der Waals surface area (Å²) in [6.07, 6.45) is 0. The number of para-hydroxylation sites is 5. The highest BCUT2D eigenvalue weighted by Gasteiger charge is 2.22. The van der Waals surface area contributed by atoms with Gasteiger partial charge in [0.25, 0.3) is 0 Å². The molecule has 0 saturated carbocycles. The molecule has 0 fully saturated rings. The van der Waals surface area contributed by atoms with E-state index in [2.05, 4.69) is 102 Å². The second-order valence-electron chi connectivity index (χ2n) is 15.7. The van der Waals surface area contributed by atoms with Crippen molar-refractivity contribution < 1.29 is 8.83 Å². The van der Waals surface area contributed by atoms with Gasteiger partial charge in [0.05, 0.1) is 11.0 Å². The van der Waals surface area contributed by atoms with E-state index in [9.17, 15) is 0 Å². The zero-order chi connectivity index (χ0) is 41.4. The topological polar surface area (TPSA) is 95.7 Å². The van der Waals surface area contributed by atoms with Crippen molar-refractivity contribution in [3.8, 4) is 62.8 Å². The van der Waals surface area contributed by atoms with Gasteiger partial charge in [0.2, 0.25) is 11.8 Å². The van der Waals surface area contributed by atoms with Crippen LogP contribution in [0.1, 0.15) is 0 Å². The molecule has 0 spiro atoms. The maximum atomic E-state index is 6.11. The Morgan fingerprint density at radius 3 is 1.46 bits per heavy atom. The summed E-state index contributed by atoms with van der Waals surface area (Å²) in [5, 5.41) is 6.97. The van der Waals surface area contributed by atoms with Gasteiger partial charge in [-0.2, -0.15) is 0 Å². The average molecular weight is 809 g/mol. The number of aromatic nitrogens is 6. The molecule has 63 heavy (non-hydrogen) atoms. The fourth-order valence-electron chi connectivity index (χ4n) is 8.95. The summed E-state index contributed by atoms with van der Waals surface area (Å²) in [6, 6.07) is 66.2. The van der Waals surface area contributed by atoms with E-state index in [0.29, 0.717) is 29.3 Å². The summed E-state index contributed by atoms with van der Waals surface area (Å²) in [4.78, 5) is 25.2. The molecular formula is C55H32N6O2. The van der Waals surface area contributed by atoms with Crippen LogP contribution in [-0.2, 0) is 0 Å². The molecule has 4 heterocycles. The number of benzene rings is 9. The summed E-state index contributed by atoms with van der Waals surface area (Å²) in [5.41, 5.74) is 10.7. The first-order valence-corrected chi connectivity index (χ1v) is 20.8. The molecule has 0 N–H and O–H groups in total. The van der Waals surface area contributed by atoms with Crippen molar-refractivity contribution in [1.82, 2.24) is 29.5 Å². The molecule has 0 bridgehead atoms. The largest absolute Gasteiger partial charge is 0.436 e. The molecule has 0 saturated heterocycles. The van der Waals surface area contributed by atoms with Gasteiger partial charge in [-0.1, -0.05) is 121 Å². The van der Waals surface area contributed by atoms with Crippen LogP contribution in [0.3, 0.4) is 0 Å². The highest BCUT2D eigenvalue weighted by Crippen LogP contribution is 2.44. The Hall–Kier alpha value is -8.75. The van der Waals surface area contributed by atoms with Crippen LogP contribution in [-0.4, -0.2) is 29.5 Å². The summed E-state index contributed by atoms with van der Waals surface area (Å²) >= 11 is 0. The van der Waals surface area contributed by atoms with Gasteiger partial charge in [-0.15, -0.1) is 0 Å². The normalized spacial score (nSPS) is 11.8. The standard InChI is InChI=1S/C55H32N6O2/c1-2-13-38(14-3-1)61-45-31-30-33-12-4-5-15-39(33)49(45)50-41-17-7-6-16-40(41)42(32-46(50)61)53-59-51(34-22-26-36(27-23-34)54-56-43-18-8-10-20-47(43)62-54)58-52(60-53)35-24-28-37(29-25-35)55-57-44-19-9-11-21-48(44)63-55/h1-32H. The zero-order valence-corrected chi connectivity index (χ0v) is 33.5. The third-order valence-corrected chi connectivity index (χ3v) is 11.9. The molecule has 0 unspecified atom stereocenters. The Kier molecular flexibility index (Phi) is 7.74. The van der Waals surface area contributed by atoms with Gasteiger partial charge < -0.3 is 13.4 Å². The molecule has 0 aliphatic carbocycles. The van der Waals surface area contributed by atoms with Crippen molar-refractivity contribution in [3.05, 3.63) is 194 Å². The third kappa shape index (κ3) is 5.73. The van der Waals surface area contributed by atoms with Gasteiger partial charge in [0, 0.05) is 44.3 Å². The minimum Gasteiger partial charge on any atom is -0.436 e. The van der Waals surface area contributed by atoms with Crippen molar-refractivity contribution >= 4 is 65.6 Å². The molecule has 13 rings (SSSR count). The quantitative estimate of drug-likeness (QED) is 0.165. The SMILES string of the molecule is c1ccc(-n2c3ccc4ccccc4c3c3c4ccccc4c(-c4nc(-c5ccc(-c6nc7ccccc7o6)cc5)nc(-c5ccc(-c6nc7ccccc7o6)cc5)n4)cc32)cc1. The van der Waals surface area contributed by atoms with E-state index in [-0.39, 0.29) is 0 Å². The molecule has 9 aromatic carbocycles. The lowest BCUT2D eigenvalue weighted by molar-refractivity contribution is 0.619. The second-order valence-corrected chi connectivity index (χ2v) is 15.7. The summed E-state index contributed by atoms with van der Waals surface area (Å²) in [5.74, 6) is 2.76. The monoisotopic (exact) mass is 808 g/mol. The number of nitrogens with zero attached hydrogens (tertiary/aromatic N) is 6. The summed E-state index contributed by atoms with van der Waals surface area (Å²) in [6.45, 7) is 0. The number of rotatable bonds is 6. The van der Waals surface area contributed by atoms with Gasteiger partial charge in [0.1, 0.15) is 11.0 Å². The third-order valence-electron chi connectivity index (χ3n) is 11.9. The lowest BCUT2D eigenvalue weighted by Gasteiger charge is -2.13. The molecule has 13 aromatic rings. The molecule has 0 aliphatic heterocycles. The van der Waals surface area contributed by atoms with E-state index in [0.717, 1.165) is 77.5 Å². The van der Waals surface area contributed by atoms with Crippen LogP contribution in [0, 0.1) is 0 Å². The predicted molar refractivity (Wildman–Crippen MR) is 251 cm³/mol. The Morgan fingerprint density at radius 1 is 0.349 bits per heavy atom. The lowest BCUT2D eigenvalue weighted by atomic mass is 9.96. The van der Waals surface area contributed by atoms with E-state index in [4.69, 9.17) is 33.8 Å². The fraction of sp³-hybridized carbons (Fsp3) is 0. The van der Waals surface area contributed by atoms with Crippen molar-refractivity contribution in [3.63, 3.8) is 0 Å². The molecule has 294 valence electrons. The van der Waals surface area contributed by atoms with Crippen molar-refractivity contribution in [2.45, 2.75) is 0 Å². The zero-order valence-electron chi connectivity index (χ0n) is 33.5.